The van der Waals surface area contributed by atoms with Crippen LogP contribution in [0.4, 0.5) is 0 Å². The van der Waals surface area contributed by atoms with Crippen molar-refractivity contribution < 1.29 is 66.8 Å². The molecule has 4 bridgehead atoms. The summed E-state index contributed by atoms with van der Waals surface area (Å²) in [6.45, 7) is -1.50. The van der Waals surface area contributed by atoms with Crippen molar-refractivity contribution >= 4 is 96.5 Å². The first kappa shape index (κ1) is 40.2. The average molecular weight is 817 g/mol. The highest BCUT2D eigenvalue weighted by atomic mass is 32.2. The first-order chi connectivity index (χ1) is 25.4. The van der Waals surface area contributed by atoms with E-state index < -0.39 is 65.0 Å². The van der Waals surface area contributed by atoms with E-state index in [2.05, 4.69) is 25.3 Å². The van der Waals surface area contributed by atoms with E-state index in [1.807, 2.05) is 0 Å². The van der Waals surface area contributed by atoms with Gasteiger partial charge in [-0.1, -0.05) is 0 Å². The summed E-state index contributed by atoms with van der Waals surface area (Å²) < 4.78 is 31.9. The second-order valence-corrected chi connectivity index (χ2v) is 18.4. The predicted molar refractivity (Wildman–Crippen MR) is 194 cm³/mol. The highest BCUT2D eigenvalue weighted by Gasteiger charge is 2.64. The number of hydrogen-bond acceptors (Lipinski definition) is 18. The average Bonchev–Trinajstić information content (AvgIpc) is 3.97. The zero-order valence-corrected chi connectivity index (χ0v) is 32.4. The smallest absolute Gasteiger partial charge is 0.317 e. The molecule has 18 heteroatoms. The van der Waals surface area contributed by atoms with Crippen LogP contribution in [0.2, 0.25) is 0 Å². The molecule has 0 radical (unpaired) electrons. The number of carbonyl (C=O) groups excluding carboxylic acids is 8. The number of fused-ring (bicyclic) bond motifs is 10. The lowest BCUT2D eigenvalue weighted by molar-refractivity contribution is -0.170. The van der Waals surface area contributed by atoms with Crippen molar-refractivity contribution in [2.24, 2.45) is 52.8 Å². The van der Waals surface area contributed by atoms with Gasteiger partial charge in [0.1, 0.15) is 31.8 Å². The Morgan fingerprint density at radius 2 is 0.887 bits per heavy atom. The molecule has 0 spiro atoms. The van der Waals surface area contributed by atoms with Crippen LogP contribution in [0.15, 0.2) is 0 Å². The third-order valence-corrected chi connectivity index (χ3v) is 14.7. The summed E-state index contributed by atoms with van der Waals surface area (Å²) in [4.78, 5) is 99.4. The Morgan fingerprint density at radius 3 is 1.25 bits per heavy atom. The molecule has 0 N–H and O–H groups in total. The lowest BCUT2D eigenvalue weighted by Crippen LogP contribution is -2.44. The lowest BCUT2D eigenvalue weighted by Gasteiger charge is -2.32. The highest BCUT2D eigenvalue weighted by molar-refractivity contribution is 8.00. The molecule has 0 aromatic rings. The fourth-order valence-electron chi connectivity index (χ4n) is 9.02. The number of esters is 8. The van der Waals surface area contributed by atoms with Crippen molar-refractivity contribution in [3.8, 4) is 0 Å². The molecule has 10 atom stereocenters. The zero-order valence-electron chi connectivity index (χ0n) is 29.0. The van der Waals surface area contributed by atoms with Gasteiger partial charge in [0.25, 0.3) is 0 Å². The second-order valence-electron chi connectivity index (χ2n) is 14.8. The third-order valence-electron chi connectivity index (χ3n) is 11.4. The summed E-state index contributed by atoms with van der Waals surface area (Å²) in [6, 6.07) is 0. The SMILES string of the molecule is O=C(CCS)OCC(COC(=O)CCS)(COC(=O)CCSC1CC2CC1C1C(=O)OC(=O)C21)COC(=O)CCSC1CC2CC1C1C(=O)OC(=O)C21. The monoisotopic (exact) mass is 816 g/mol. The summed E-state index contributed by atoms with van der Waals surface area (Å²) in [5.41, 5.74) is -1.41. The number of thiol groups is 2. The van der Waals surface area contributed by atoms with Crippen LogP contribution in [0.3, 0.4) is 0 Å². The quantitative estimate of drug-likeness (QED) is 0.0788. The number of rotatable bonds is 20. The first-order valence-electron chi connectivity index (χ1n) is 18.0. The van der Waals surface area contributed by atoms with Crippen LogP contribution < -0.4 is 0 Å². The van der Waals surface area contributed by atoms with Gasteiger partial charge in [0.2, 0.25) is 0 Å². The van der Waals surface area contributed by atoms with Crippen molar-refractivity contribution in [1.29, 1.82) is 0 Å². The molecule has 2 aliphatic heterocycles. The van der Waals surface area contributed by atoms with Gasteiger partial charge in [-0.05, 0) is 49.4 Å². The Hall–Kier alpha value is -2.44. The van der Waals surface area contributed by atoms with E-state index >= 15 is 0 Å². The normalized spacial score (nSPS) is 32.0. The molecule has 2 heterocycles. The van der Waals surface area contributed by atoms with Crippen LogP contribution in [0.5, 0.6) is 0 Å². The molecule has 0 aromatic carbocycles. The van der Waals surface area contributed by atoms with Crippen LogP contribution in [0, 0.1) is 52.8 Å². The summed E-state index contributed by atoms with van der Waals surface area (Å²) in [5, 5.41) is 0.233. The molecule has 10 unspecified atom stereocenters. The number of cyclic esters (lactones) is 4. The molecule has 292 valence electrons. The van der Waals surface area contributed by atoms with E-state index in [-0.39, 0.29) is 110 Å². The molecule has 6 rings (SSSR count). The fourth-order valence-corrected chi connectivity index (χ4v) is 12.4. The lowest BCUT2D eigenvalue weighted by atomic mass is 9.81. The van der Waals surface area contributed by atoms with Crippen molar-refractivity contribution in [3.63, 3.8) is 0 Å². The van der Waals surface area contributed by atoms with Gasteiger partial charge in [0.15, 0.2) is 0 Å². The van der Waals surface area contributed by atoms with Crippen LogP contribution in [-0.2, 0) is 66.8 Å². The number of carbonyl (C=O) groups is 8. The van der Waals surface area contributed by atoms with E-state index in [1.165, 1.54) is 0 Å². The largest absolute Gasteiger partial charge is 0.465 e. The van der Waals surface area contributed by atoms with Crippen LogP contribution in [0.25, 0.3) is 0 Å². The Bertz CT molecular complexity index is 1380. The summed E-state index contributed by atoms with van der Waals surface area (Å²) >= 11 is 11.2. The predicted octanol–water partition coefficient (Wildman–Crippen LogP) is 2.48. The van der Waals surface area contributed by atoms with E-state index in [4.69, 9.17) is 28.4 Å². The molecule has 4 aliphatic carbocycles. The molecule has 6 aliphatic rings. The Kier molecular flexibility index (Phi) is 13.3. The molecule has 0 aromatic heterocycles. The van der Waals surface area contributed by atoms with Gasteiger partial charge < -0.3 is 28.4 Å². The standard InChI is InChI=1S/C35H44O14S4/c36-23(1-5-50)44-13-35(14-45-24(37)2-6-51,15-46-25(38)3-7-52-21-11-17-9-19(21)29-27(17)31(40)48-33(29)42)16-47-26(39)4-8-53-22-12-18-10-20(22)30-28(18)32(41)49-34(30)43/h17-22,27-30,50-51H,1-16H2. The van der Waals surface area contributed by atoms with E-state index in [0.29, 0.717) is 11.5 Å². The molecule has 6 fully saturated rings. The van der Waals surface area contributed by atoms with Crippen molar-refractivity contribution in [2.45, 2.75) is 61.9 Å². The first-order valence-corrected chi connectivity index (χ1v) is 21.4. The van der Waals surface area contributed by atoms with Gasteiger partial charge in [0, 0.05) is 33.5 Å². The molecule has 53 heavy (non-hydrogen) atoms. The van der Waals surface area contributed by atoms with Gasteiger partial charge in [0.05, 0.1) is 49.4 Å². The molecule has 0 amide bonds. The van der Waals surface area contributed by atoms with E-state index in [1.54, 1.807) is 23.5 Å². The Labute approximate surface area is 326 Å². The summed E-state index contributed by atoms with van der Waals surface area (Å²) in [5.74, 6) is -4.03. The molecule has 14 nitrogen and oxygen atoms in total. The Balaban J connectivity index is 1.01. The maximum atomic E-state index is 13.0. The molecule has 4 saturated carbocycles. The number of thioether (sulfide) groups is 2. The van der Waals surface area contributed by atoms with Crippen molar-refractivity contribution in [2.75, 3.05) is 49.4 Å². The minimum absolute atomic E-state index is 0.000336. The minimum Gasteiger partial charge on any atom is -0.465 e. The Morgan fingerprint density at radius 1 is 0.547 bits per heavy atom. The second kappa shape index (κ2) is 17.6. The van der Waals surface area contributed by atoms with Gasteiger partial charge in [-0.25, -0.2) is 0 Å². The highest BCUT2D eigenvalue weighted by Crippen LogP contribution is 2.59. The molecule has 2 saturated heterocycles. The van der Waals surface area contributed by atoms with E-state index in [9.17, 15) is 38.4 Å². The van der Waals surface area contributed by atoms with Crippen LogP contribution in [-0.4, -0.2) is 108 Å². The maximum absolute atomic E-state index is 13.0. The minimum atomic E-state index is -1.41. The zero-order chi connectivity index (χ0) is 37.9. The van der Waals surface area contributed by atoms with E-state index in [0.717, 1.165) is 25.7 Å². The number of hydrogen-bond donors (Lipinski definition) is 2. The van der Waals surface area contributed by atoms with Crippen molar-refractivity contribution in [1.82, 2.24) is 0 Å². The maximum Gasteiger partial charge on any atom is 0.317 e. The van der Waals surface area contributed by atoms with Gasteiger partial charge in [-0.15, -0.1) is 0 Å². The topological polar surface area (TPSA) is 192 Å². The van der Waals surface area contributed by atoms with Gasteiger partial charge in [-0.3, -0.25) is 38.4 Å². The summed E-state index contributed by atoms with van der Waals surface area (Å²) in [7, 11) is 0. The third kappa shape index (κ3) is 9.01. The van der Waals surface area contributed by atoms with Crippen LogP contribution in [0.1, 0.15) is 51.4 Å². The van der Waals surface area contributed by atoms with Crippen molar-refractivity contribution in [3.05, 3.63) is 0 Å². The van der Waals surface area contributed by atoms with Gasteiger partial charge >= 0.3 is 47.8 Å². The fraction of sp³-hybridized carbons (Fsp3) is 0.771. The number of ether oxygens (including phenoxy) is 6. The molecular weight excluding hydrogens is 773 g/mol. The van der Waals surface area contributed by atoms with Gasteiger partial charge in [-0.2, -0.15) is 48.8 Å². The molecular formula is C35H44O14S4. The summed E-state index contributed by atoms with van der Waals surface area (Å²) in [6.07, 6.45) is 3.17. The van der Waals surface area contributed by atoms with Crippen LogP contribution >= 0.6 is 48.8 Å².